The zero-order valence-corrected chi connectivity index (χ0v) is 14.0. The van der Waals surface area contributed by atoms with Gasteiger partial charge in [0.2, 0.25) is 0 Å². The Morgan fingerprint density at radius 2 is 1.85 bits per heavy atom. The predicted octanol–water partition coefficient (Wildman–Crippen LogP) is 4.04. The van der Waals surface area contributed by atoms with Gasteiger partial charge in [-0.3, -0.25) is 4.79 Å². The third kappa shape index (κ3) is 5.19. The fourth-order valence-corrected chi connectivity index (χ4v) is 2.16. The number of nitrogens with zero attached hydrogens (tertiary/aromatic N) is 1. The summed E-state index contributed by atoms with van der Waals surface area (Å²) < 4.78 is 42.8. The molecule has 0 heterocycles. The predicted molar refractivity (Wildman–Crippen MR) is 91.4 cm³/mol. The molecule has 0 aliphatic carbocycles. The van der Waals surface area contributed by atoms with Crippen molar-refractivity contribution < 1.29 is 27.5 Å². The molecule has 1 amide bonds. The fourth-order valence-electron chi connectivity index (χ4n) is 2.16. The largest absolute Gasteiger partial charge is 0.465 e. The van der Waals surface area contributed by atoms with Crippen molar-refractivity contribution >= 4 is 23.6 Å². The van der Waals surface area contributed by atoms with Crippen LogP contribution < -0.4 is 5.32 Å². The van der Waals surface area contributed by atoms with E-state index in [2.05, 4.69) is 10.1 Å². The average molecular weight is 374 g/mol. The number of alkyl halides is 3. The Hall–Kier alpha value is -3.60. The lowest BCUT2D eigenvalue weighted by molar-refractivity contribution is -0.137. The van der Waals surface area contributed by atoms with Crippen molar-refractivity contribution in [2.24, 2.45) is 0 Å². The highest BCUT2D eigenvalue weighted by molar-refractivity contribution is 6.09. The summed E-state index contributed by atoms with van der Waals surface area (Å²) in [4.78, 5) is 23.7. The minimum Gasteiger partial charge on any atom is -0.465 e. The van der Waals surface area contributed by atoms with Gasteiger partial charge in [0.05, 0.1) is 18.2 Å². The third-order valence-corrected chi connectivity index (χ3v) is 3.43. The van der Waals surface area contributed by atoms with Crippen LogP contribution in [-0.4, -0.2) is 19.0 Å². The molecule has 0 radical (unpaired) electrons. The van der Waals surface area contributed by atoms with Crippen LogP contribution in [0.3, 0.4) is 0 Å². The maximum absolute atomic E-state index is 12.7. The molecular formula is C19H13F3N2O3. The fraction of sp³-hybridized carbons (Fsp3) is 0.105. The molecule has 0 unspecified atom stereocenters. The second-order valence-corrected chi connectivity index (χ2v) is 5.32. The van der Waals surface area contributed by atoms with Crippen molar-refractivity contribution in [3.8, 4) is 6.07 Å². The van der Waals surface area contributed by atoms with Crippen molar-refractivity contribution in [1.82, 2.24) is 0 Å². The van der Waals surface area contributed by atoms with E-state index < -0.39 is 23.6 Å². The third-order valence-electron chi connectivity index (χ3n) is 3.43. The molecule has 0 aliphatic heterocycles. The Kier molecular flexibility index (Phi) is 5.98. The quantitative estimate of drug-likeness (QED) is 0.498. The van der Waals surface area contributed by atoms with Crippen LogP contribution >= 0.6 is 0 Å². The van der Waals surface area contributed by atoms with E-state index in [9.17, 15) is 28.0 Å². The van der Waals surface area contributed by atoms with E-state index in [1.807, 2.05) is 0 Å². The number of amides is 1. The number of esters is 1. The zero-order valence-electron chi connectivity index (χ0n) is 14.0. The van der Waals surface area contributed by atoms with Gasteiger partial charge in [-0.15, -0.1) is 0 Å². The Morgan fingerprint density at radius 3 is 2.48 bits per heavy atom. The van der Waals surface area contributed by atoms with Gasteiger partial charge in [0, 0.05) is 5.69 Å². The Labute approximate surface area is 152 Å². The molecule has 0 atom stereocenters. The van der Waals surface area contributed by atoms with Gasteiger partial charge >= 0.3 is 12.1 Å². The van der Waals surface area contributed by atoms with Gasteiger partial charge in [0.25, 0.3) is 5.91 Å². The van der Waals surface area contributed by atoms with Crippen molar-refractivity contribution in [1.29, 1.82) is 5.26 Å². The highest BCUT2D eigenvalue weighted by Gasteiger charge is 2.30. The Balaban J connectivity index is 2.25. The number of carbonyl (C=O) groups is 2. The van der Waals surface area contributed by atoms with Gasteiger partial charge < -0.3 is 10.1 Å². The summed E-state index contributed by atoms with van der Waals surface area (Å²) in [5, 5.41) is 11.4. The molecule has 2 rings (SSSR count). The molecular weight excluding hydrogens is 361 g/mol. The van der Waals surface area contributed by atoms with E-state index in [4.69, 9.17) is 0 Å². The van der Waals surface area contributed by atoms with Crippen LogP contribution in [0.15, 0.2) is 54.1 Å². The van der Waals surface area contributed by atoms with Gasteiger partial charge in [-0.1, -0.05) is 18.2 Å². The lowest BCUT2D eigenvalue weighted by atomic mass is 10.1. The summed E-state index contributed by atoms with van der Waals surface area (Å²) in [6, 6.07) is 11.8. The maximum Gasteiger partial charge on any atom is 0.416 e. The average Bonchev–Trinajstić information content (AvgIpc) is 2.65. The summed E-state index contributed by atoms with van der Waals surface area (Å²) in [7, 11) is 1.22. The molecule has 0 saturated heterocycles. The molecule has 0 aliphatic rings. The SMILES string of the molecule is COC(=O)c1cccc(/C=C(\C#N)C(=O)Nc2cccc(C(F)(F)F)c2)c1. The van der Waals surface area contributed by atoms with Gasteiger partial charge in [0.15, 0.2) is 0 Å². The zero-order chi connectivity index (χ0) is 20.0. The first kappa shape index (κ1) is 19.7. The van der Waals surface area contributed by atoms with Crippen LogP contribution in [0.25, 0.3) is 6.08 Å². The van der Waals surface area contributed by atoms with Crippen molar-refractivity contribution in [2.75, 3.05) is 12.4 Å². The first-order chi connectivity index (χ1) is 12.7. The first-order valence-electron chi connectivity index (χ1n) is 7.53. The van der Waals surface area contributed by atoms with E-state index in [1.54, 1.807) is 12.1 Å². The minimum absolute atomic E-state index is 0.0979. The number of nitrogens with one attached hydrogen (secondary N) is 1. The number of rotatable bonds is 4. The number of hydrogen-bond donors (Lipinski definition) is 1. The van der Waals surface area contributed by atoms with Crippen LogP contribution in [-0.2, 0) is 15.7 Å². The second-order valence-electron chi connectivity index (χ2n) is 5.32. The number of carbonyl (C=O) groups excluding carboxylic acids is 2. The molecule has 2 aromatic carbocycles. The molecule has 1 N–H and O–H groups in total. The molecule has 27 heavy (non-hydrogen) atoms. The second kappa shape index (κ2) is 8.19. The van der Waals surface area contributed by atoms with Crippen LogP contribution in [0.4, 0.5) is 18.9 Å². The topological polar surface area (TPSA) is 79.2 Å². The van der Waals surface area contributed by atoms with E-state index in [1.165, 1.54) is 37.5 Å². The molecule has 0 fully saturated rings. The molecule has 5 nitrogen and oxygen atoms in total. The standard InChI is InChI=1S/C19H13F3N2O3/c1-27-18(26)13-5-2-4-12(8-13)9-14(11-23)17(25)24-16-7-3-6-15(10-16)19(20,21)22/h2-10H,1H3,(H,24,25)/b14-9+. The number of nitriles is 1. The van der Waals surface area contributed by atoms with Crippen LogP contribution in [0.2, 0.25) is 0 Å². The van der Waals surface area contributed by atoms with Gasteiger partial charge in [0.1, 0.15) is 11.6 Å². The lowest BCUT2D eigenvalue weighted by Gasteiger charge is -2.09. The maximum atomic E-state index is 12.7. The monoisotopic (exact) mass is 374 g/mol. The molecule has 0 spiro atoms. The smallest absolute Gasteiger partial charge is 0.416 e. The van der Waals surface area contributed by atoms with E-state index >= 15 is 0 Å². The van der Waals surface area contributed by atoms with E-state index in [0.717, 1.165) is 18.2 Å². The number of halogens is 3. The summed E-state index contributed by atoms with van der Waals surface area (Å²) in [6.45, 7) is 0. The number of methoxy groups -OCH3 is 1. The van der Waals surface area contributed by atoms with E-state index in [0.29, 0.717) is 5.56 Å². The van der Waals surface area contributed by atoms with Crippen LogP contribution in [0.5, 0.6) is 0 Å². The van der Waals surface area contributed by atoms with Crippen molar-refractivity contribution in [3.05, 3.63) is 70.8 Å². The number of benzene rings is 2. The highest BCUT2D eigenvalue weighted by Crippen LogP contribution is 2.30. The summed E-state index contributed by atoms with van der Waals surface area (Å²) >= 11 is 0. The summed E-state index contributed by atoms with van der Waals surface area (Å²) in [5.74, 6) is -1.46. The van der Waals surface area contributed by atoms with Gasteiger partial charge in [-0.25, -0.2) is 4.79 Å². The molecule has 138 valence electrons. The molecule has 0 bridgehead atoms. The Bertz CT molecular complexity index is 944. The number of hydrogen-bond acceptors (Lipinski definition) is 4. The Morgan fingerprint density at radius 1 is 1.15 bits per heavy atom. The number of ether oxygens (including phenoxy) is 1. The highest BCUT2D eigenvalue weighted by atomic mass is 19.4. The van der Waals surface area contributed by atoms with Gasteiger partial charge in [-0.05, 0) is 42.0 Å². The first-order valence-corrected chi connectivity index (χ1v) is 7.53. The summed E-state index contributed by atoms with van der Waals surface area (Å²) in [6.07, 6.45) is -3.33. The minimum atomic E-state index is -4.55. The van der Waals surface area contributed by atoms with Crippen molar-refractivity contribution in [3.63, 3.8) is 0 Å². The van der Waals surface area contributed by atoms with Crippen LogP contribution in [0, 0.1) is 11.3 Å². The van der Waals surface area contributed by atoms with E-state index in [-0.39, 0.29) is 16.8 Å². The normalized spacial score (nSPS) is 11.4. The number of anilines is 1. The molecule has 0 saturated carbocycles. The van der Waals surface area contributed by atoms with Gasteiger partial charge in [-0.2, -0.15) is 18.4 Å². The molecule has 8 heteroatoms. The molecule has 0 aromatic heterocycles. The lowest BCUT2D eigenvalue weighted by Crippen LogP contribution is -2.14. The molecule has 2 aromatic rings. The summed E-state index contributed by atoms with van der Waals surface area (Å²) in [5.41, 5.74) is -0.752. The van der Waals surface area contributed by atoms with Crippen molar-refractivity contribution in [2.45, 2.75) is 6.18 Å². The van der Waals surface area contributed by atoms with Crippen LogP contribution in [0.1, 0.15) is 21.5 Å².